The van der Waals surface area contributed by atoms with Crippen molar-refractivity contribution in [1.82, 2.24) is 49.9 Å². The number of nitrogens with zero attached hydrogens (tertiary/aromatic N) is 10. The average Bonchev–Trinajstić information content (AvgIpc) is 3.84. The number of hydrogen-bond acceptors (Lipinski definition) is 10. The molecule has 0 fully saturated rings. The number of aromatic nitrogens is 9. The molecule has 248 valence electrons. The van der Waals surface area contributed by atoms with E-state index in [0.29, 0.717) is 56.4 Å². The molecule has 0 bridgehead atoms. The zero-order valence-corrected chi connectivity index (χ0v) is 25.9. The van der Waals surface area contributed by atoms with Gasteiger partial charge in [0.15, 0.2) is 0 Å². The minimum absolute atomic E-state index is 0.208. The van der Waals surface area contributed by atoms with Gasteiger partial charge < -0.3 is 15.3 Å². The Morgan fingerprint density at radius 1 is 0.469 bits per heavy atom. The third-order valence-electron chi connectivity index (χ3n) is 7.55. The molecule has 3 aromatic carbocycles. The van der Waals surface area contributed by atoms with Crippen molar-refractivity contribution in [2.24, 2.45) is 0 Å². The second kappa shape index (κ2) is 14.5. The van der Waals surface area contributed by atoms with Crippen LogP contribution in [0.1, 0.15) is 64.8 Å². The number of benzene rings is 3. The maximum Gasteiger partial charge on any atom is 0.335 e. The van der Waals surface area contributed by atoms with Gasteiger partial charge in [-0.1, -0.05) is 52.0 Å². The Bertz CT molecular complexity index is 1830. The van der Waals surface area contributed by atoms with Crippen LogP contribution in [0.4, 0.5) is 0 Å². The summed E-state index contributed by atoms with van der Waals surface area (Å²) in [5, 5.41) is 53.3. The summed E-state index contributed by atoms with van der Waals surface area (Å²) < 4.78 is 5.04. The van der Waals surface area contributed by atoms with Crippen molar-refractivity contribution >= 4 is 17.9 Å². The molecule has 0 amide bonds. The Balaban J connectivity index is 1.15. The largest absolute Gasteiger partial charge is 0.478 e. The predicted molar refractivity (Wildman–Crippen MR) is 171 cm³/mol. The van der Waals surface area contributed by atoms with E-state index < -0.39 is 17.9 Å². The Kier molecular flexibility index (Phi) is 9.57. The Labute approximate surface area is 278 Å². The van der Waals surface area contributed by atoms with Crippen LogP contribution < -0.4 is 0 Å². The van der Waals surface area contributed by atoms with Crippen LogP contribution in [-0.2, 0) is 39.3 Å². The number of aromatic carboxylic acids is 3. The van der Waals surface area contributed by atoms with Crippen LogP contribution in [0, 0.1) is 0 Å². The van der Waals surface area contributed by atoms with Crippen LogP contribution in [0.5, 0.6) is 0 Å². The zero-order chi connectivity index (χ0) is 34.3. The normalized spacial score (nSPS) is 11.2. The van der Waals surface area contributed by atoms with Gasteiger partial charge in [0.2, 0.25) is 0 Å². The molecule has 0 aliphatic rings. The lowest BCUT2D eigenvalue weighted by atomic mass is 10.1. The molecule has 0 spiro atoms. The van der Waals surface area contributed by atoms with E-state index in [2.05, 4.69) is 35.8 Å². The van der Waals surface area contributed by atoms with Gasteiger partial charge in [-0.15, -0.1) is 15.3 Å². The second-order valence-corrected chi connectivity index (χ2v) is 11.4. The van der Waals surface area contributed by atoms with Crippen LogP contribution in [0.2, 0.25) is 0 Å². The lowest BCUT2D eigenvalue weighted by Gasteiger charge is -2.18. The summed E-state index contributed by atoms with van der Waals surface area (Å²) in [6, 6.07) is 19.7. The summed E-state index contributed by atoms with van der Waals surface area (Å²) in [7, 11) is 0. The fraction of sp³-hybridized carbons (Fsp3) is 0.182. The van der Waals surface area contributed by atoms with E-state index >= 15 is 0 Å². The SMILES string of the molecule is O=C(O)c1ccc(Cn2cc(CN(Cc3cn(Cc4ccc(C(=O)O)cc4)nn3)Cc3cn(Cc4ccc(C(=O)O)cc4)nn3)nn2)cc1. The molecule has 0 saturated carbocycles. The molecular formula is C33H30N10O6. The van der Waals surface area contributed by atoms with Crippen molar-refractivity contribution < 1.29 is 29.7 Å². The highest BCUT2D eigenvalue weighted by molar-refractivity contribution is 5.88. The standard InChI is InChI=1S/C33H30N10O6/c44-31(45)25-7-1-22(2-8-25)13-41-19-28(34-37-41)16-40(17-29-20-42(38-35-29)14-23-3-9-26(10-4-23)32(46)47)18-30-21-43(39-36-30)15-24-5-11-27(12-6-24)33(48)49/h1-12,19-21H,13-18H2,(H,44,45)(H,46,47)(H,48,49). The molecule has 49 heavy (non-hydrogen) atoms. The van der Waals surface area contributed by atoms with Crippen molar-refractivity contribution in [3.8, 4) is 0 Å². The van der Waals surface area contributed by atoms with E-state index in [1.165, 1.54) is 0 Å². The van der Waals surface area contributed by atoms with Crippen molar-refractivity contribution in [1.29, 1.82) is 0 Å². The molecule has 0 aliphatic carbocycles. The zero-order valence-electron chi connectivity index (χ0n) is 25.9. The molecule has 0 unspecified atom stereocenters. The van der Waals surface area contributed by atoms with Gasteiger partial charge in [0.05, 0.1) is 72.0 Å². The highest BCUT2D eigenvalue weighted by atomic mass is 16.4. The van der Waals surface area contributed by atoms with Crippen molar-refractivity contribution in [3.05, 3.63) is 142 Å². The van der Waals surface area contributed by atoms with Crippen LogP contribution in [0.15, 0.2) is 91.4 Å². The van der Waals surface area contributed by atoms with Gasteiger partial charge in [-0.25, -0.2) is 28.4 Å². The lowest BCUT2D eigenvalue weighted by molar-refractivity contribution is 0.0686. The van der Waals surface area contributed by atoms with Crippen molar-refractivity contribution in [2.45, 2.75) is 39.3 Å². The third-order valence-corrected chi connectivity index (χ3v) is 7.55. The summed E-state index contributed by atoms with van der Waals surface area (Å²) in [4.78, 5) is 35.6. The Hall–Kier alpha value is -6.55. The smallest absolute Gasteiger partial charge is 0.335 e. The number of carboxylic acids is 3. The van der Waals surface area contributed by atoms with E-state index in [0.717, 1.165) is 16.7 Å². The molecule has 3 heterocycles. The third kappa shape index (κ3) is 8.63. The topological polar surface area (TPSA) is 207 Å². The number of carbonyl (C=O) groups is 3. The van der Waals surface area contributed by atoms with Gasteiger partial charge >= 0.3 is 17.9 Å². The van der Waals surface area contributed by atoms with E-state index in [-0.39, 0.29) is 16.7 Å². The number of hydrogen-bond donors (Lipinski definition) is 3. The molecule has 6 rings (SSSR count). The first-order valence-electron chi connectivity index (χ1n) is 15.0. The highest BCUT2D eigenvalue weighted by Crippen LogP contribution is 2.14. The predicted octanol–water partition coefficient (Wildman–Crippen LogP) is 2.90. The Morgan fingerprint density at radius 3 is 0.980 bits per heavy atom. The maximum atomic E-state index is 11.2. The molecule has 16 nitrogen and oxygen atoms in total. The maximum absolute atomic E-state index is 11.2. The summed E-state index contributed by atoms with van der Waals surface area (Å²) in [6.45, 7) is 2.42. The monoisotopic (exact) mass is 662 g/mol. The van der Waals surface area contributed by atoms with Gasteiger partial charge in [0.1, 0.15) is 0 Å². The van der Waals surface area contributed by atoms with Crippen LogP contribution in [0.3, 0.4) is 0 Å². The molecule has 0 aliphatic heterocycles. The quantitative estimate of drug-likeness (QED) is 0.145. The van der Waals surface area contributed by atoms with E-state index in [1.807, 2.05) is 18.6 Å². The van der Waals surface area contributed by atoms with E-state index in [4.69, 9.17) is 15.3 Å². The molecule has 3 aromatic heterocycles. The van der Waals surface area contributed by atoms with Gasteiger partial charge in [0, 0.05) is 19.6 Å². The number of rotatable bonds is 15. The van der Waals surface area contributed by atoms with Crippen molar-refractivity contribution in [2.75, 3.05) is 0 Å². The van der Waals surface area contributed by atoms with Crippen LogP contribution in [0.25, 0.3) is 0 Å². The molecule has 16 heteroatoms. The van der Waals surface area contributed by atoms with Crippen molar-refractivity contribution in [3.63, 3.8) is 0 Å². The fourth-order valence-corrected chi connectivity index (χ4v) is 5.14. The molecular weight excluding hydrogens is 632 g/mol. The van der Waals surface area contributed by atoms with Gasteiger partial charge in [-0.05, 0) is 53.1 Å². The average molecular weight is 663 g/mol. The minimum atomic E-state index is -0.987. The summed E-state index contributed by atoms with van der Waals surface area (Å²) >= 11 is 0. The first kappa shape index (κ1) is 32.4. The first-order chi connectivity index (χ1) is 23.7. The highest BCUT2D eigenvalue weighted by Gasteiger charge is 2.16. The molecule has 3 N–H and O–H groups in total. The van der Waals surface area contributed by atoms with Gasteiger partial charge in [-0.2, -0.15) is 0 Å². The Morgan fingerprint density at radius 2 is 0.735 bits per heavy atom. The minimum Gasteiger partial charge on any atom is -0.478 e. The van der Waals surface area contributed by atoms with Gasteiger partial charge in [-0.3, -0.25) is 4.90 Å². The lowest BCUT2D eigenvalue weighted by Crippen LogP contribution is -2.23. The molecule has 0 atom stereocenters. The summed E-state index contributed by atoms with van der Waals surface area (Å²) in [5.41, 5.74) is 5.33. The summed E-state index contributed by atoms with van der Waals surface area (Å²) in [6.07, 6.45) is 5.48. The molecule has 0 radical (unpaired) electrons. The van der Waals surface area contributed by atoms with Crippen LogP contribution >= 0.6 is 0 Å². The second-order valence-electron chi connectivity index (χ2n) is 11.4. The summed E-state index contributed by atoms with van der Waals surface area (Å²) in [5.74, 6) is -2.96. The van der Waals surface area contributed by atoms with Gasteiger partial charge in [0.25, 0.3) is 0 Å². The van der Waals surface area contributed by atoms with E-state index in [9.17, 15) is 14.4 Å². The molecule has 0 saturated heterocycles. The van der Waals surface area contributed by atoms with Crippen LogP contribution in [-0.4, -0.2) is 83.1 Å². The first-order valence-corrected chi connectivity index (χ1v) is 15.0. The number of carboxylic acid groups (broad SMARTS) is 3. The fourth-order valence-electron chi connectivity index (χ4n) is 5.14. The molecule has 6 aromatic rings. The van der Waals surface area contributed by atoms with E-state index in [1.54, 1.807) is 86.8 Å².